The van der Waals surface area contributed by atoms with E-state index < -0.39 is 0 Å². The van der Waals surface area contributed by atoms with Crippen LogP contribution in [0.25, 0.3) is 0 Å². The van der Waals surface area contributed by atoms with Crippen molar-refractivity contribution in [3.05, 3.63) is 24.2 Å². The zero-order valence-corrected chi connectivity index (χ0v) is 13.3. The molecule has 0 bridgehead atoms. The topological polar surface area (TPSA) is 78.7 Å². The Morgan fingerprint density at radius 2 is 2.10 bits per heavy atom. The quantitative estimate of drug-likeness (QED) is 0.526. The monoisotopic (exact) mass is 294 g/mol. The Morgan fingerprint density at radius 3 is 2.67 bits per heavy atom. The lowest BCUT2D eigenvalue weighted by Gasteiger charge is -2.20. The van der Waals surface area contributed by atoms with Crippen LogP contribution in [0, 0.1) is 5.92 Å². The van der Waals surface area contributed by atoms with Crippen molar-refractivity contribution in [2.75, 3.05) is 13.1 Å². The Hall–Kier alpha value is -1.98. The highest BCUT2D eigenvalue weighted by atomic mass is 16.3. The average Bonchev–Trinajstić information content (AvgIpc) is 2.95. The van der Waals surface area contributed by atoms with Crippen molar-refractivity contribution in [2.24, 2.45) is 10.9 Å². The molecular formula is C15H26N4O2. The van der Waals surface area contributed by atoms with E-state index in [0.717, 1.165) is 12.3 Å². The lowest BCUT2D eigenvalue weighted by molar-refractivity contribution is -0.119. The second kappa shape index (κ2) is 9.05. The first-order valence-electron chi connectivity index (χ1n) is 7.36. The van der Waals surface area contributed by atoms with Gasteiger partial charge in [0.05, 0.1) is 12.8 Å². The van der Waals surface area contributed by atoms with Gasteiger partial charge in [0, 0.05) is 12.6 Å². The third-order valence-electron chi connectivity index (χ3n) is 3.13. The zero-order valence-electron chi connectivity index (χ0n) is 13.3. The minimum Gasteiger partial charge on any atom is -0.467 e. The minimum absolute atomic E-state index is 0.0842. The number of hydrogen-bond acceptors (Lipinski definition) is 3. The second-order valence-corrected chi connectivity index (χ2v) is 5.23. The van der Waals surface area contributed by atoms with Crippen LogP contribution in [0.4, 0.5) is 0 Å². The number of aliphatic imine (C=N–C) groups is 1. The van der Waals surface area contributed by atoms with Crippen LogP contribution in [0.15, 0.2) is 27.8 Å². The van der Waals surface area contributed by atoms with E-state index in [1.54, 1.807) is 12.3 Å². The normalized spacial score (nSPS) is 13.1. The van der Waals surface area contributed by atoms with Gasteiger partial charge in [-0.25, -0.2) is 4.99 Å². The smallest absolute Gasteiger partial charge is 0.242 e. The maximum Gasteiger partial charge on any atom is 0.242 e. The molecule has 6 nitrogen and oxygen atoms in total. The summed E-state index contributed by atoms with van der Waals surface area (Å²) in [6.45, 7) is 9.58. The van der Waals surface area contributed by atoms with Gasteiger partial charge in [-0.05, 0) is 31.9 Å². The second-order valence-electron chi connectivity index (χ2n) is 5.23. The van der Waals surface area contributed by atoms with Crippen LogP contribution in [-0.4, -0.2) is 31.0 Å². The first-order valence-corrected chi connectivity index (χ1v) is 7.36. The van der Waals surface area contributed by atoms with E-state index in [9.17, 15) is 4.79 Å². The van der Waals surface area contributed by atoms with Gasteiger partial charge in [-0.1, -0.05) is 13.8 Å². The molecule has 1 heterocycles. The van der Waals surface area contributed by atoms with E-state index in [4.69, 9.17) is 4.42 Å². The van der Waals surface area contributed by atoms with Crippen LogP contribution >= 0.6 is 0 Å². The molecule has 1 aromatic rings. The van der Waals surface area contributed by atoms with Crippen LogP contribution in [0.1, 0.15) is 33.5 Å². The van der Waals surface area contributed by atoms with Crippen molar-refractivity contribution < 1.29 is 9.21 Å². The van der Waals surface area contributed by atoms with Gasteiger partial charge in [-0.3, -0.25) is 4.79 Å². The summed E-state index contributed by atoms with van der Waals surface area (Å²) in [6.07, 6.45) is 1.58. The molecule has 0 aliphatic heterocycles. The Morgan fingerprint density at radius 1 is 1.33 bits per heavy atom. The number of hydrogen-bond donors (Lipinski definition) is 3. The van der Waals surface area contributed by atoms with E-state index in [1.807, 2.05) is 13.0 Å². The van der Waals surface area contributed by atoms with Crippen LogP contribution in [-0.2, 0) is 11.3 Å². The first-order chi connectivity index (χ1) is 10.0. The molecule has 0 aliphatic carbocycles. The first kappa shape index (κ1) is 17.1. The van der Waals surface area contributed by atoms with Gasteiger partial charge in [0.1, 0.15) is 12.3 Å². The van der Waals surface area contributed by atoms with Gasteiger partial charge in [-0.15, -0.1) is 0 Å². The largest absolute Gasteiger partial charge is 0.467 e. The summed E-state index contributed by atoms with van der Waals surface area (Å²) in [7, 11) is 0. The summed E-state index contributed by atoms with van der Waals surface area (Å²) >= 11 is 0. The third kappa shape index (κ3) is 6.83. The van der Waals surface area contributed by atoms with Crippen molar-refractivity contribution in [1.82, 2.24) is 16.0 Å². The molecule has 3 N–H and O–H groups in total. The van der Waals surface area contributed by atoms with E-state index in [1.165, 1.54) is 0 Å². The molecule has 0 radical (unpaired) electrons. The highest BCUT2D eigenvalue weighted by Crippen LogP contribution is 1.99. The summed E-state index contributed by atoms with van der Waals surface area (Å²) in [6, 6.07) is 3.90. The van der Waals surface area contributed by atoms with Crippen molar-refractivity contribution in [3.8, 4) is 0 Å². The highest BCUT2D eigenvalue weighted by molar-refractivity contribution is 5.85. The molecule has 118 valence electrons. The summed E-state index contributed by atoms with van der Waals surface area (Å²) in [5.74, 6) is 1.74. The number of amides is 1. The fourth-order valence-electron chi connectivity index (χ4n) is 1.51. The number of furan rings is 1. The summed E-state index contributed by atoms with van der Waals surface area (Å²) in [4.78, 5) is 16.0. The van der Waals surface area contributed by atoms with Crippen molar-refractivity contribution >= 4 is 11.9 Å². The molecular weight excluding hydrogens is 268 g/mol. The van der Waals surface area contributed by atoms with E-state index in [2.05, 4.69) is 41.7 Å². The Labute approximate surface area is 126 Å². The SMILES string of the molecule is CCNC(=NCC(=O)NCc1ccco1)NC(C)C(C)C. The van der Waals surface area contributed by atoms with Crippen LogP contribution in [0.3, 0.4) is 0 Å². The molecule has 6 heteroatoms. The number of carbonyl (C=O) groups excluding carboxylic acids is 1. The number of rotatable bonds is 7. The molecule has 1 unspecified atom stereocenters. The van der Waals surface area contributed by atoms with Crippen LogP contribution in [0.5, 0.6) is 0 Å². The molecule has 0 aliphatic rings. The lowest BCUT2D eigenvalue weighted by Crippen LogP contribution is -2.44. The molecule has 1 atom stereocenters. The number of carbonyl (C=O) groups is 1. The zero-order chi connectivity index (χ0) is 15.7. The van der Waals surface area contributed by atoms with E-state index in [-0.39, 0.29) is 18.5 Å². The van der Waals surface area contributed by atoms with Crippen molar-refractivity contribution in [3.63, 3.8) is 0 Å². The predicted octanol–water partition coefficient (Wildman–Crippen LogP) is 1.50. The molecule has 21 heavy (non-hydrogen) atoms. The van der Waals surface area contributed by atoms with Crippen molar-refractivity contribution in [1.29, 1.82) is 0 Å². The molecule has 0 aromatic carbocycles. The molecule has 0 saturated carbocycles. The summed E-state index contributed by atoms with van der Waals surface area (Å²) in [5, 5.41) is 9.18. The van der Waals surface area contributed by atoms with Gasteiger partial charge in [0.2, 0.25) is 5.91 Å². The van der Waals surface area contributed by atoms with E-state index in [0.29, 0.717) is 18.4 Å². The highest BCUT2D eigenvalue weighted by Gasteiger charge is 2.09. The van der Waals surface area contributed by atoms with Gasteiger partial charge in [0.25, 0.3) is 0 Å². The molecule has 1 amide bonds. The fourth-order valence-corrected chi connectivity index (χ4v) is 1.51. The minimum atomic E-state index is -0.138. The Kier molecular flexibility index (Phi) is 7.36. The number of guanidine groups is 1. The average molecular weight is 294 g/mol. The van der Waals surface area contributed by atoms with Gasteiger partial charge in [0.15, 0.2) is 5.96 Å². The number of nitrogens with zero attached hydrogens (tertiary/aromatic N) is 1. The standard InChI is InChI=1S/C15H26N4O2/c1-5-16-15(19-12(4)11(2)3)18-10-14(20)17-9-13-7-6-8-21-13/h6-8,11-12H,5,9-10H2,1-4H3,(H,17,20)(H2,16,18,19). The summed E-state index contributed by atoms with van der Waals surface area (Å²) in [5.41, 5.74) is 0. The molecule has 0 saturated heterocycles. The van der Waals surface area contributed by atoms with Crippen LogP contribution < -0.4 is 16.0 Å². The van der Waals surface area contributed by atoms with Gasteiger partial charge in [-0.2, -0.15) is 0 Å². The number of nitrogens with one attached hydrogen (secondary N) is 3. The van der Waals surface area contributed by atoms with Gasteiger partial charge < -0.3 is 20.4 Å². The van der Waals surface area contributed by atoms with Gasteiger partial charge >= 0.3 is 0 Å². The van der Waals surface area contributed by atoms with Crippen LogP contribution in [0.2, 0.25) is 0 Å². The summed E-state index contributed by atoms with van der Waals surface area (Å²) < 4.78 is 5.15. The molecule has 0 spiro atoms. The Balaban J connectivity index is 2.42. The molecule has 0 fully saturated rings. The lowest BCUT2D eigenvalue weighted by atomic mass is 10.1. The molecule has 1 rings (SSSR count). The Bertz CT molecular complexity index is 441. The maximum absolute atomic E-state index is 11.8. The van der Waals surface area contributed by atoms with E-state index >= 15 is 0 Å². The maximum atomic E-state index is 11.8. The fraction of sp³-hybridized carbons (Fsp3) is 0.600. The molecule has 1 aromatic heterocycles. The predicted molar refractivity (Wildman–Crippen MR) is 84.0 cm³/mol. The third-order valence-corrected chi connectivity index (χ3v) is 3.13. The van der Waals surface area contributed by atoms with Crippen molar-refractivity contribution in [2.45, 2.75) is 40.3 Å².